The van der Waals surface area contributed by atoms with Crippen LogP contribution in [0.2, 0.25) is 0 Å². The molecule has 0 aromatic carbocycles. The Balaban J connectivity index is 2.84. The fraction of sp³-hybridized carbons (Fsp3) is 1.00. The van der Waals surface area contributed by atoms with Gasteiger partial charge in [-0.05, 0) is 0 Å². The van der Waals surface area contributed by atoms with Gasteiger partial charge < -0.3 is 0 Å². The van der Waals surface area contributed by atoms with Crippen molar-refractivity contribution in [1.29, 1.82) is 0 Å². The first kappa shape index (κ1) is 8.12. The van der Waals surface area contributed by atoms with Gasteiger partial charge in [0.1, 0.15) is 0 Å². The van der Waals surface area contributed by atoms with Gasteiger partial charge in [-0.3, -0.25) is 4.18 Å². The molecule has 5 nitrogen and oxygen atoms in total. The summed E-state index contributed by atoms with van der Waals surface area (Å²) in [7, 11) is -3.34. The molecule has 0 aliphatic carbocycles. The number of sulfonamides is 1. The Morgan fingerprint density at radius 2 is 2.20 bits per heavy atom. The average Bonchev–Trinajstić information content (AvgIpc) is 2.11. The van der Waals surface area contributed by atoms with E-state index in [9.17, 15) is 12.6 Å². The Bertz CT molecular complexity index is 245. The standard InChI is InChI=1S/C3H7NO4S2/c1-10(6,7)4-2-3-8-9(4)5/h2-3H2,1H3. The Labute approximate surface area is 61.8 Å². The fourth-order valence-electron chi connectivity index (χ4n) is 0.593. The summed E-state index contributed by atoms with van der Waals surface area (Å²) in [5.74, 6) is 0. The molecule has 1 heterocycles. The van der Waals surface area contributed by atoms with Crippen LogP contribution in [0.1, 0.15) is 0 Å². The van der Waals surface area contributed by atoms with Crippen molar-refractivity contribution in [2.24, 2.45) is 0 Å². The Hall–Kier alpha value is 0.0200. The molecule has 10 heavy (non-hydrogen) atoms. The summed E-state index contributed by atoms with van der Waals surface area (Å²) >= 11 is -1.78. The van der Waals surface area contributed by atoms with Crippen LogP contribution >= 0.6 is 0 Å². The lowest BCUT2D eigenvalue weighted by atomic mass is 10.8. The zero-order valence-corrected chi connectivity index (χ0v) is 6.94. The molecule has 0 radical (unpaired) electrons. The van der Waals surface area contributed by atoms with Crippen LogP contribution in [0.25, 0.3) is 0 Å². The summed E-state index contributed by atoms with van der Waals surface area (Å²) in [4.78, 5) is 0. The van der Waals surface area contributed by atoms with Gasteiger partial charge in [0, 0.05) is 0 Å². The Morgan fingerprint density at radius 1 is 1.60 bits per heavy atom. The summed E-state index contributed by atoms with van der Waals surface area (Å²) < 4.78 is 37.4. The highest BCUT2D eigenvalue weighted by Crippen LogP contribution is 2.10. The molecule has 1 atom stereocenters. The van der Waals surface area contributed by atoms with Crippen molar-refractivity contribution >= 4 is 21.3 Å². The molecule has 0 N–H and O–H groups in total. The van der Waals surface area contributed by atoms with Crippen molar-refractivity contribution in [2.75, 3.05) is 19.4 Å². The lowest BCUT2D eigenvalue weighted by Gasteiger charge is -2.05. The smallest absolute Gasteiger partial charge is 0.251 e. The molecule has 1 saturated heterocycles. The summed E-state index contributed by atoms with van der Waals surface area (Å²) in [5.41, 5.74) is 0. The Morgan fingerprint density at radius 3 is 2.40 bits per heavy atom. The van der Waals surface area contributed by atoms with E-state index in [0.29, 0.717) is 0 Å². The predicted molar refractivity (Wildman–Crippen MR) is 35.6 cm³/mol. The zero-order valence-electron chi connectivity index (χ0n) is 5.31. The van der Waals surface area contributed by atoms with E-state index in [1.165, 1.54) is 0 Å². The highest BCUT2D eigenvalue weighted by molar-refractivity contribution is 7.99. The highest BCUT2D eigenvalue weighted by atomic mass is 32.3. The molecular weight excluding hydrogens is 178 g/mol. The molecule has 0 spiro atoms. The molecule has 1 aliphatic rings. The average molecular weight is 185 g/mol. The number of hydrogen-bond acceptors (Lipinski definition) is 4. The van der Waals surface area contributed by atoms with Crippen LogP contribution in [0, 0.1) is 0 Å². The normalized spacial score (nSPS) is 29.1. The van der Waals surface area contributed by atoms with E-state index in [2.05, 4.69) is 4.18 Å². The lowest BCUT2D eigenvalue weighted by Crippen LogP contribution is -2.27. The maximum absolute atomic E-state index is 10.7. The molecule has 1 aliphatic heterocycles. The second kappa shape index (κ2) is 2.57. The minimum absolute atomic E-state index is 0.186. The molecule has 0 aromatic rings. The fourth-order valence-corrected chi connectivity index (χ4v) is 2.57. The van der Waals surface area contributed by atoms with Gasteiger partial charge in [-0.1, -0.05) is 3.71 Å². The van der Waals surface area contributed by atoms with Gasteiger partial charge in [0.15, 0.2) is 0 Å². The highest BCUT2D eigenvalue weighted by Gasteiger charge is 2.29. The molecule has 0 saturated carbocycles. The maximum atomic E-state index is 10.7. The first-order valence-electron chi connectivity index (χ1n) is 2.54. The first-order valence-corrected chi connectivity index (χ1v) is 5.43. The van der Waals surface area contributed by atoms with Crippen LogP contribution in [0.3, 0.4) is 0 Å². The van der Waals surface area contributed by atoms with Crippen molar-refractivity contribution in [3.05, 3.63) is 0 Å². The molecule has 1 rings (SSSR count). The van der Waals surface area contributed by atoms with Gasteiger partial charge in [0.05, 0.1) is 19.4 Å². The molecule has 0 aromatic heterocycles. The third-order valence-corrected chi connectivity index (χ3v) is 3.98. The maximum Gasteiger partial charge on any atom is 0.251 e. The van der Waals surface area contributed by atoms with Crippen LogP contribution in [0.5, 0.6) is 0 Å². The van der Waals surface area contributed by atoms with Crippen molar-refractivity contribution in [3.8, 4) is 0 Å². The van der Waals surface area contributed by atoms with Crippen molar-refractivity contribution < 1.29 is 16.8 Å². The largest absolute Gasteiger partial charge is 0.276 e. The van der Waals surface area contributed by atoms with Gasteiger partial charge in [-0.2, -0.15) is 0 Å². The van der Waals surface area contributed by atoms with Crippen LogP contribution in [0.15, 0.2) is 0 Å². The van der Waals surface area contributed by atoms with Crippen LogP contribution in [0.4, 0.5) is 0 Å². The van der Waals surface area contributed by atoms with Crippen molar-refractivity contribution in [2.45, 2.75) is 0 Å². The second-order valence-corrected chi connectivity index (χ2v) is 5.08. The summed E-state index contributed by atoms with van der Waals surface area (Å²) in [6.45, 7) is 0.394. The van der Waals surface area contributed by atoms with Crippen molar-refractivity contribution in [3.63, 3.8) is 0 Å². The van der Waals surface area contributed by atoms with Crippen LogP contribution in [-0.2, 0) is 25.5 Å². The quantitative estimate of drug-likeness (QED) is 0.518. The van der Waals surface area contributed by atoms with E-state index in [-0.39, 0.29) is 13.2 Å². The van der Waals surface area contributed by atoms with E-state index in [4.69, 9.17) is 0 Å². The monoisotopic (exact) mass is 185 g/mol. The van der Waals surface area contributed by atoms with E-state index in [1.807, 2.05) is 0 Å². The molecule has 0 bridgehead atoms. The summed E-state index contributed by atoms with van der Waals surface area (Å²) in [6, 6.07) is 0. The van der Waals surface area contributed by atoms with Crippen LogP contribution < -0.4 is 0 Å². The van der Waals surface area contributed by atoms with E-state index >= 15 is 0 Å². The van der Waals surface area contributed by atoms with Gasteiger partial charge in [-0.25, -0.2) is 12.6 Å². The van der Waals surface area contributed by atoms with E-state index < -0.39 is 21.3 Å². The molecule has 1 unspecified atom stereocenters. The number of hydrogen-bond donors (Lipinski definition) is 0. The second-order valence-electron chi connectivity index (χ2n) is 1.83. The van der Waals surface area contributed by atoms with Gasteiger partial charge in [0.25, 0.3) is 11.3 Å². The molecular formula is C3H7NO4S2. The van der Waals surface area contributed by atoms with Crippen LogP contribution in [-0.4, -0.2) is 35.7 Å². The van der Waals surface area contributed by atoms with Gasteiger partial charge in [-0.15, -0.1) is 0 Å². The number of nitrogens with zero attached hydrogens (tertiary/aromatic N) is 1. The predicted octanol–water partition coefficient (Wildman–Crippen LogP) is -1.14. The van der Waals surface area contributed by atoms with E-state index in [0.717, 1.165) is 9.97 Å². The summed E-state index contributed by atoms with van der Waals surface area (Å²) in [5, 5.41) is 0. The minimum atomic E-state index is -3.34. The lowest BCUT2D eigenvalue weighted by molar-refractivity contribution is 0.391. The molecule has 7 heteroatoms. The molecule has 60 valence electrons. The third kappa shape index (κ3) is 1.54. The number of rotatable bonds is 1. The topological polar surface area (TPSA) is 63.7 Å². The Kier molecular flexibility index (Phi) is 2.09. The van der Waals surface area contributed by atoms with Crippen molar-refractivity contribution in [1.82, 2.24) is 3.71 Å². The van der Waals surface area contributed by atoms with E-state index in [1.54, 1.807) is 0 Å². The van der Waals surface area contributed by atoms with Gasteiger partial charge in [0.2, 0.25) is 10.0 Å². The zero-order chi connectivity index (χ0) is 7.78. The molecule has 1 fully saturated rings. The first-order chi connectivity index (χ1) is 4.52. The summed E-state index contributed by atoms with van der Waals surface area (Å²) in [6.07, 6.45) is 1.000. The SMILES string of the molecule is CS(=O)(=O)N1CCOS1=O. The molecule has 0 amide bonds. The van der Waals surface area contributed by atoms with Gasteiger partial charge >= 0.3 is 0 Å². The third-order valence-electron chi connectivity index (χ3n) is 0.994. The minimum Gasteiger partial charge on any atom is -0.276 e.